The highest BCUT2D eigenvalue weighted by Gasteiger charge is 2.41. The molecule has 1 aliphatic heterocycles. The highest BCUT2D eigenvalue weighted by atomic mass is 127. The van der Waals surface area contributed by atoms with Crippen LogP contribution in [0, 0.1) is 3.57 Å². The van der Waals surface area contributed by atoms with E-state index in [-0.39, 0.29) is 5.54 Å². The van der Waals surface area contributed by atoms with Gasteiger partial charge in [0.2, 0.25) is 0 Å². The number of rotatable bonds is 6. The highest BCUT2D eigenvalue weighted by molar-refractivity contribution is 14.1. The zero-order valence-corrected chi connectivity index (χ0v) is 14.7. The normalized spacial score (nSPS) is 16.6. The van der Waals surface area contributed by atoms with Gasteiger partial charge in [0.15, 0.2) is 5.78 Å². The van der Waals surface area contributed by atoms with E-state index in [0.29, 0.717) is 12.2 Å². The molecule has 0 aromatic heterocycles. The Morgan fingerprint density at radius 1 is 1.15 bits per heavy atom. The molecule has 0 spiro atoms. The van der Waals surface area contributed by atoms with Crippen LogP contribution >= 0.6 is 22.6 Å². The minimum Gasteiger partial charge on any atom is -0.297 e. The number of nitrogens with zero attached hydrogens (tertiary/aromatic N) is 1. The van der Waals surface area contributed by atoms with Crippen LogP contribution in [0.1, 0.15) is 45.1 Å². The van der Waals surface area contributed by atoms with E-state index in [1.54, 1.807) is 0 Å². The number of likely N-dealkylation sites (tertiary alicyclic amines) is 1. The molecule has 0 amide bonds. The summed E-state index contributed by atoms with van der Waals surface area (Å²) < 4.78 is 1.22. The van der Waals surface area contributed by atoms with Crippen LogP contribution in [-0.2, 0) is 11.2 Å². The molecule has 1 aliphatic rings. The summed E-state index contributed by atoms with van der Waals surface area (Å²) in [6.45, 7) is 6.49. The summed E-state index contributed by atoms with van der Waals surface area (Å²) >= 11 is 2.30. The average Bonchev–Trinajstić information content (AvgIpc) is 2.98. The standard InChI is InChI=1S/C17H24INO/c1-3-17(4-2,19-11-5-6-12-19)16(20)13-14-7-9-15(18)10-8-14/h7-10H,3-6,11-13H2,1-2H3. The molecule has 0 saturated carbocycles. The van der Waals surface area contributed by atoms with E-state index >= 15 is 0 Å². The van der Waals surface area contributed by atoms with Crippen molar-refractivity contribution in [3.8, 4) is 0 Å². The van der Waals surface area contributed by atoms with Gasteiger partial charge in [-0.15, -0.1) is 0 Å². The van der Waals surface area contributed by atoms with E-state index in [0.717, 1.165) is 31.5 Å². The Morgan fingerprint density at radius 2 is 1.70 bits per heavy atom. The van der Waals surface area contributed by atoms with Crippen LogP contribution in [0.3, 0.4) is 0 Å². The molecule has 1 aromatic carbocycles. The lowest BCUT2D eigenvalue weighted by Crippen LogP contribution is -2.53. The lowest BCUT2D eigenvalue weighted by Gasteiger charge is -2.39. The Kier molecular flexibility index (Phi) is 5.61. The Hall–Kier alpha value is -0.420. The second-order valence-electron chi connectivity index (χ2n) is 5.66. The molecule has 0 atom stereocenters. The molecular weight excluding hydrogens is 361 g/mol. The van der Waals surface area contributed by atoms with E-state index in [2.05, 4.69) is 65.6 Å². The van der Waals surface area contributed by atoms with Crippen molar-refractivity contribution in [1.29, 1.82) is 0 Å². The molecule has 0 aliphatic carbocycles. The third-order valence-electron chi connectivity index (χ3n) is 4.68. The number of halogens is 1. The predicted molar refractivity (Wildman–Crippen MR) is 92.0 cm³/mol. The largest absolute Gasteiger partial charge is 0.297 e. The molecule has 1 aromatic rings. The minimum atomic E-state index is -0.237. The van der Waals surface area contributed by atoms with Crippen LogP contribution in [-0.4, -0.2) is 29.3 Å². The monoisotopic (exact) mass is 385 g/mol. The van der Waals surface area contributed by atoms with Gasteiger partial charge >= 0.3 is 0 Å². The van der Waals surface area contributed by atoms with Gasteiger partial charge in [-0.3, -0.25) is 9.69 Å². The molecule has 0 N–H and O–H groups in total. The van der Waals surface area contributed by atoms with Gasteiger partial charge in [0.25, 0.3) is 0 Å². The third-order valence-corrected chi connectivity index (χ3v) is 5.40. The first-order valence-electron chi connectivity index (χ1n) is 7.65. The zero-order chi connectivity index (χ0) is 14.6. The Morgan fingerprint density at radius 3 is 2.20 bits per heavy atom. The maximum atomic E-state index is 12.9. The van der Waals surface area contributed by atoms with Crippen molar-refractivity contribution in [2.45, 2.75) is 51.5 Å². The van der Waals surface area contributed by atoms with Gasteiger partial charge in [-0.1, -0.05) is 26.0 Å². The first-order valence-corrected chi connectivity index (χ1v) is 8.73. The van der Waals surface area contributed by atoms with Gasteiger partial charge in [0, 0.05) is 9.99 Å². The van der Waals surface area contributed by atoms with E-state index in [9.17, 15) is 4.79 Å². The van der Waals surface area contributed by atoms with Crippen molar-refractivity contribution in [2.75, 3.05) is 13.1 Å². The number of Topliss-reactive ketones (excluding diaryl/α,β-unsaturated/α-hetero) is 1. The fourth-order valence-electron chi connectivity index (χ4n) is 3.37. The molecule has 2 rings (SSSR count). The zero-order valence-electron chi connectivity index (χ0n) is 12.5. The summed E-state index contributed by atoms with van der Waals surface area (Å²) in [4.78, 5) is 15.4. The molecule has 2 nitrogen and oxygen atoms in total. The quantitative estimate of drug-likeness (QED) is 0.689. The number of ketones is 1. The summed E-state index contributed by atoms with van der Waals surface area (Å²) in [5, 5.41) is 0. The Balaban J connectivity index is 2.16. The van der Waals surface area contributed by atoms with Crippen molar-refractivity contribution in [1.82, 2.24) is 4.90 Å². The van der Waals surface area contributed by atoms with Crippen molar-refractivity contribution in [3.05, 3.63) is 33.4 Å². The van der Waals surface area contributed by atoms with Crippen LogP contribution in [0.4, 0.5) is 0 Å². The number of hydrogen-bond acceptors (Lipinski definition) is 2. The third kappa shape index (κ3) is 3.25. The lowest BCUT2D eigenvalue weighted by molar-refractivity contribution is -0.130. The van der Waals surface area contributed by atoms with Crippen molar-refractivity contribution in [2.24, 2.45) is 0 Å². The molecule has 1 saturated heterocycles. The van der Waals surface area contributed by atoms with E-state index in [1.807, 2.05) is 0 Å². The smallest absolute Gasteiger partial charge is 0.157 e. The molecule has 110 valence electrons. The maximum absolute atomic E-state index is 12.9. The van der Waals surface area contributed by atoms with Crippen molar-refractivity contribution < 1.29 is 4.79 Å². The second kappa shape index (κ2) is 7.03. The van der Waals surface area contributed by atoms with Crippen LogP contribution in [0.2, 0.25) is 0 Å². The minimum absolute atomic E-state index is 0.237. The molecule has 1 heterocycles. The average molecular weight is 385 g/mol. The number of carbonyl (C=O) groups excluding carboxylic acids is 1. The van der Waals surface area contributed by atoms with Gasteiger partial charge in [0.05, 0.1) is 5.54 Å². The maximum Gasteiger partial charge on any atom is 0.157 e. The molecule has 0 radical (unpaired) electrons. The lowest BCUT2D eigenvalue weighted by atomic mass is 9.83. The molecule has 0 unspecified atom stereocenters. The van der Waals surface area contributed by atoms with Gasteiger partial charge in [-0.05, 0) is 79.1 Å². The van der Waals surface area contributed by atoms with Gasteiger partial charge in [0.1, 0.15) is 0 Å². The number of carbonyl (C=O) groups is 1. The predicted octanol–water partition coefficient (Wildman–Crippen LogP) is 4.06. The van der Waals surface area contributed by atoms with Crippen LogP contribution in [0.5, 0.6) is 0 Å². The Labute approximate surface area is 136 Å². The Bertz CT molecular complexity index is 445. The highest BCUT2D eigenvalue weighted by Crippen LogP contribution is 2.30. The fraction of sp³-hybridized carbons (Fsp3) is 0.588. The van der Waals surface area contributed by atoms with E-state index in [1.165, 1.54) is 16.4 Å². The van der Waals surface area contributed by atoms with Gasteiger partial charge in [-0.2, -0.15) is 0 Å². The molecule has 0 bridgehead atoms. The molecule has 3 heteroatoms. The topological polar surface area (TPSA) is 20.3 Å². The summed E-state index contributed by atoms with van der Waals surface area (Å²) in [7, 11) is 0. The van der Waals surface area contributed by atoms with E-state index in [4.69, 9.17) is 0 Å². The van der Waals surface area contributed by atoms with Gasteiger partial charge in [-0.25, -0.2) is 0 Å². The summed E-state index contributed by atoms with van der Waals surface area (Å²) in [5.41, 5.74) is 0.903. The fourth-order valence-corrected chi connectivity index (χ4v) is 3.72. The van der Waals surface area contributed by atoms with Crippen LogP contribution in [0.25, 0.3) is 0 Å². The van der Waals surface area contributed by atoms with Gasteiger partial charge < -0.3 is 0 Å². The van der Waals surface area contributed by atoms with Crippen molar-refractivity contribution >= 4 is 28.4 Å². The van der Waals surface area contributed by atoms with Crippen LogP contribution in [0.15, 0.2) is 24.3 Å². The number of hydrogen-bond donors (Lipinski definition) is 0. The summed E-state index contributed by atoms with van der Waals surface area (Å²) in [6, 6.07) is 8.33. The number of benzene rings is 1. The summed E-state index contributed by atoms with van der Waals surface area (Å²) in [6.07, 6.45) is 4.88. The first-order chi connectivity index (χ1) is 9.62. The summed E-state index contributed by atoms with van der Waals surface area (Å²) in [5.74, 6) is 0.394. The molecule has 1 fully saturated rings. The van der Waals surface area contributed by atoms with Crippen LogP contribution < -0.4 is 0 Å². The first kappa shape index (κ1) is 16.0. The molecular formula is C17H24INO. The van der Waals surface area contributed by atoms with E-state index < -0.39 is 0 Å². The molecule has 20 heavy (non-hydrogen) atoms. The second-order valence-corrected chi connectivity index (χ2v) is 6.90. The van der Waals surface area contributed by atoms with Crippen molar-refractivity contribution in [3.63, 3.8) is 0 Å². The SMILES string of the molecule is CCC(CC)(C(=O)Cc1ccc(I)cc1)N1CCCC1.